The number of carbonyl (C=O) groups excluding carboxylic acids is 2. The number of nitrogens with zero attached hydrogens (tertiary/aromatic N) is 1. The van der Waals surface area contributed by atoms with Crippen LogP contribution in [0.2, 0.25) is 0 Å². The van der Waals surface area contributed by atoms with Gasteiger partial charge in [0.1, 0.15) is 6.04 Å². The molecule has 0 aliphatic rings. The van der Waals surface area contributed by atoms with Gasteiger partial charge in [0.2, 0.25) is 5.91 Å². The van der Waals surface area contributed by atoms with Gasteiger partial charge in [0.15, 0.2) is 0 Å². The topological polar surface area (TPSA) is 97.1 Å². The minimum absolute atomic E-state index is 0.217. The molecular formula is C14H22N4O2. The summed E-state index contributed by atoms with van der Waals surface area (Å²) in [7, 11) is 0. The monoisotopic (exact) mass is 278 g/mol. The van der Waals surface area contributed by atoms with Gasteiger partial charge in [0, 0.05) is 24.1 Å². The fourth-order valence-corrected chi connectivity index (χ4v) is 1.57. The van der Waals surface area contributed by atoms with Crippen molar-refractivity contribution in [3.8, 4) is 0 Å². The minimum atomic E-state index is -0.623. The molecule has 0 spiro atoms. The molecule has 1 unspecified atom stereocenters. The molecule has 0 radical (unpaired) electrons. The molecule has 0 aromatic carbocycles. The van der Waals surface area contributed by atoms with Crippen LogP contribution < -0.4 is 16.4 Å². The number of hydrogen-bond acceptors (Lipinski definition) is 4. The summed E-state index contributed by atoms with van der Waals surface area (Å²) >= 11 is 0. The first-order valence-electron chi connectivity index (χ1n) is 6.62. The average molecular weight is 278 g/mol. The van der Waals surface area contributed by atoms with E-state index in [0.29, 0.717) is 18.2 Å². The lowest BCUT2D eigenvalue weighted by atomic mass is 10.2. The Hall–Kier alpha value is -2.11. The zero-order chi connectivity index (χ0) is 15.3. The van der Waals surface area contributed by atoms with Gasteiger partial charge < -0.3 is 16.4 Å². The third kappa shape index (κ3) is 4.53. The molecule has 0 saturated heterocycles. The lowest BCUT2D eigenvalue weighted by Gasteiger charge is -2.15. The van der Waals surface area contributed by atoms with Gasteiger partial charge in [0.25, 0.3) is 5.91 Å². The largest absolute Gasteiger partial charge is 0.398 e. The smallest absolute Gasteiger partial charge is 0.255 e. The minimum Gasteiger partial charge on any atom is -0.398 e. The summed E-state index contributed by atoms with van der Waals surface area (Å²) in [5.41, 5.74) is 7.14. The summed E-state index contributed by atoms with van der Waals surface area (Å²) in [6, 6.07) is 1.00. The van der Waals surface area contributed by atoms with Crippen molar-refractivity contribution in [1.82, 2.24) is 15.6 Å². The van der Waals surface area contributed by atoms with E-state index in [-0.39, 0.29) is 11.5 Å². The van der Waals surface area contributed by atoms with E-state index in [4.69, 9.17) is 5.73 Å². The molecule has 20 heavy (non-hydrogen) atoms. The van der Waals surface area contributed by atoms with Gasteiger partial charge in [0.05, 0.1) is 5.56 Å². The Kier molecular flexibility index (Phi) is 5.49. The second-order valence-electron chi connectivity index (χ2n) is 5.25. The van der Waals surface area contributed by atoms with Crippen molar-refractivity contribution < 1.29 is 9.59 Å². The van der Waals surface area contributed by atoms with E-state index in [1.807, 2.05) is 13.8 Å². The quantitative estimate of drug-likeness (QED) is 0.744. The highest BCUT2D eigenvalue weighted by molar-refractivity contribution is 6.01. The van der Waals surface area contributed by atoms with E-state index >= 15 is 0 Å². The molecule has 1 atom stereocenters. The second-order valence-corrected chi connectivity index (χ2v) is 5.25. The Morgan fingerprint density at radius 3 is 2.55 bits per heavy atom. The van der Waals surface area contributed by atoms with Gasteiger partial charge in [-0.2, -0.15) is 0 Å². The van der Waals surface area contributed by atoms with E-state index in [2.05, 4.69) is 15.6 Å². The van der Waals surface area contributed by atoms with E-state index in [9.17, 15) is 9.59 Å². The molecule has 0 aliphatic heterocycles. The molecule has 6 heteroatoms. The van der Waals surface area contributed by atoms with Crippen molar-refractivity contribution in [2.24, 2.45) is 5.92 Å². The summed E-state index contributed by atoms with van der Waals surface area (Å²) in [6.45, 7) is 8.00. The maximum absolute atomic E-state index is 12.0. The van der Waals surface area contributed by atoms with E-state index in [0.717, 1.165) is 5.69 Å². The highest BCUT2D eigenvalue weighted by atomic mass is 16.2. The molecule has 0 bridgehead atoms. The molecule has 110 valence electrons. The van der Waals surface area contributed by atoms with Crippen molar-refractivity contribution in [2.45, 2.75) is 33.7 Å². The third-order valence-electron chi connectivity index (χ3n) is 2.74. The Labute approximate surface area is 119 Å². The summed E-state index contributed by atoms with van der Waals surface area (Å²) in [4.78, 5) is 27.8. The summed E-state index contributed by atoms with van der Waals surface area (Å²) in [6.07, 6.45) is 1.42. The van der Waals surface area contributed by atoms with Gasteiger partial charge in [-0.1, -0.05) is 13.8 Å². The number of aryl methyl sites for hydroxylation is 1. The van der Waals surface area contributed by atoms with Crippen LogP contribution in [-0.4, -0.2) is 29.4 Å². The highest BCUT2D eigenvalue weighted by Crippen LogP contribution is 2.11. The maximum Gasteiger partial charge on any atom is 0.255 e. The molecule has 1 rings (SSSR count). The lowest BCUT2D eigenvalue weighted by Crippen LogP contribution is -2.45. The Morgan fingerprint density at radius 1 is 1.35 bits per heavy atom. The first-order chi connectivity index (χ1) is 9.31. The molecule has 0 saturated carbocycles. The zero-order valence-corrected chi connectivity index (χ0v) is 12.4. The van der Waals surface area contributed by atoms with Crippen LogP contribution in [0.4, 0.5) is 5.69 Å². The number of anilines is 1. The number of hydrogen-bond donors (Lipinski definition) is 3. The van der Waals surface area contributed by atoms with Gasteiger partial charge in [-0.3, -0.25) is 14.6 Å². The van der Waals surface area contributed by atoms with Crippen LogP contribution in [0.25, 0.3) is 0 Å². The Bertz CT molecular complexity index is 500. The predicted molar refractivity (Wildman–Crippen MR) is 78.2 cm³/mol. The number of nitrogens with one attached hydrogen (secondary N) is 2. The van der Waals surface area contributed by atoms with Crippen LogP contribution in [0.3, 0.4) is 0 Å². The van der Waals surface area contributed by atoms with Crippen LogP contribution in [0.15, 0.2) is 12.3 Å². The molecular weight excluding hydrogens is 256 g/mol. The summed E-state index contributed by atoms with van der Waals surface area (Å²) in [5, 5.41) is 5.37. The number of pyridine rings is 1. The van der Waals surface area contributed by atoms with Crippen molar-refractivity contribution in [1.29, 1.82) is 0 Å². The molecule has 1 aromatic heterocycles. The van der Waals surface area contributed by atoms with Gasteiger partial charge >= 0.3 is 0 Å². The number of carbonyl (C=O) groups is 2. The number of amides is 2. The molecule has 1 heterocycles. The van der Waals surface area contributed by atoms with Crippen molar-refractivity contribution in [3.63, 3.8) is 0 Å². The van der Waals surface area contributed by atoms with E-state index in [1.165, 1.54) is 6.20 Å². The zero-order valence-electron chi connectivity index (χ0n) is 12.4. The maximum atomic E-state index is 12.0. The van der Waals surface area contributed by atoms with Crippen LogP contribution in [0, 0.1) is 12.8 Å². The molecule has 2 amide bonds. The summed E-state index contributed by atoms with van der Waals surface area (Å²) in [5.74, 6) is -0.258. The lowest BCUT2D eigenvalue weighted by molar-refractivity contribution is -0.122. The van der Waals surface area contributed by atoms with Crippen LogP contribution in [0.1, 0.15) is 36.8 Å². The van der Waals surface area contributed by atoms with Gasteiger partial charge in [-0.25, -0.2) is 0 Å². The third-order valence-corrected chi connectivity index (χ3v) is 2.74. The fraction of sp³-hybridized carbons (Fsp3) is 0.500. The van der Waals surface area contributed by atoms with E-state index in [1.54, 1.807) is 19.9 Å². The highest BCUT2D eigenvalue weighted by Gasteiger charge is 2.18. The normalized spacial score (nSPS) is 12.1. The van der Waals surface area contributed by atoms with Gasteiger partial charge in [-0.15, -0.1) is 0 Å². The predicted octanol–water partition coefficient (Wildman–Crippen LogP) is 0.863. The van der Waals surface area contributed by atoms with Crippen LogP contribution >= 0.6 is 0 Å². The number of nitrogens with two attached hydrogens (primary N) is 1. The fourth-order valence-electron chi connectivity index (χ4n) is 1.57. The first-order valence-corrected chi connectivity index (χ1v) is 6.62. The molecule has 4 N–H and O–H groups in total. The summed E-state index contributed by atoms with van der Waals surface area (Å²) < 4.78 is 0. The molecule has 0 fully saturated rings. The standard InChI is InChI=1S/C14H22N4O2/c1-8(2)6-17-13(19)10(4)18-14(20)11-7-16-9(3)5-12(11)15/h5,7-8,10H,6H2,1-4H3,(H2,15,16)(H,17,19)(H,18,20). The van der Waals surface area contributed by atoms with Gasteiger partial charge in [-0.05, 0) is 25.8 Å². The van der Waals surface area contributed by atoms with Crippen molar-refractivity contribution in [3.05, 3.63) is 23.5 Å². The SMILES string of the molecule is Cc1cc(N)c(C(=O)NC(C)C(=O)NCC(C)C)cn1. The first kappa shape index (κ1) is 15.9. The number of rotatable bonds is 5. The number of nitrogen functional groups attached to an aromatic ring is 1. The Morgan fingerprint density at radius 2 is 2.00 bits per heavy atom. The van der Waals surface area contributed by atoms with Crippen LogP contribution in [0.5, 0.6) is 0 Å². The van der Waals surface area contributed by atoms with Crippen LogP contribution in [-0.2, 0) is 4.79 Å². The molecule has 6 nitrogen and oxygen atoms in total. The Balaban J connectivity index is 2.63. The second kappa shape index (κ2) is 6.88. The molecule has 0 aliphatic carbocycles. The number of aromatic nitrogens is 1. The van der Waals surface area contributed by atoms with Crippen molar-refractivity contribution in [2.75, 3.05) is 12.3 Å². The average Bonchev–Trinajstić information content (AvgIpc) is 2.35. The molecule has 1 aromatic rings. The van der Waals surface area contributed by atoms with Crippen molar-refractivity contribution >= 4 is 17.5 Å². The van der Waals surface area contributed by atoms with E-state index < -0.39 is 11.9 Å².